The Bertz CT molecular complexity index is 574. The Balaban J connectivity index is 2.08. The highest BCUT2D eigenvalue weighted by Crippen LogP contribution is 2.24. The predicted octanol–water partition coefficient (Wildman–Crippen LogP) is 4.59. The molecular formula is C19H25NO. The van der Waals surface area contributed by atoms with Gasteiger partial charge in [0.1, 0.15) is 11.9 Å². The van der Waals surface area contributed by atoms with Crippen molar-refractivity contribution < 1.29 is 4.74 Å². The van der Waals surface area contributed by atoms with Gasteiger partial charge >= 0.3 is 0 Å². The van der Waals surface area contributed by atoms with Crippen LogP contribution in [0.5, 0.6) is 5.75 Å². The molecule has 112 valence electrons. The van der Waals surface area contributed by atoms with E-state index in [4.69, 9.17) is 10.5 Å². The predicted molar refractivity (Wildman–Crippen MR) is 88.7 cm³/mol. The van der Waals surface area contributed by atoms with Gasteiger partial charge in [0.05, 0.1) is 6.04 Å². The minimum absolute atomic E-state index is 0.0740. The summed E-state index contributed by atoms with van der Waals surface area (Å²) in [6.45, 7) is 8.46. The van der Waals surface area contributed by atoms with Gasteiger partial charge in [-0.05, 0) is 43.0 Å². The van der Waals surface area contributed by atoms with Crippen LogP contribution in [0.15, 0.2) is 48.5 Å². The van der Waals surface area contributed by atoms with Gasteiger partial charge in [-0.15, -0.1) is 0 Å². The van der Waals surface area contributed by atoms with Crippen molar-refractivity contribution in [2.75, 3.05) is 0 Å². The van der Waals surface area contributed by atoms with Crippen molar-refractivity contribution in [1.29, 1.82) is 0 Å². The monoisotopic (exact) mass is 283 g/mol. The first-order valence-corrected chi connectivity index (χ1v) is 7.56. The van der Waals surface area contributed by atoms with Crippen LogP contribution in [0, 0.1) is 6.92 Å². The van der Waals surface area contributed by atoms with Gasteiger partial charge in [-0.3, -0.25) is 0 Å². The molecule has 0 bridgehead atoms. The highest BCUT2D eigenvalue weighted by Gasteiger charge is 2.16. The molecule has 2 aromatic rings. The van der Waals surface area contributed by atoms with Crippen molar-refractivity contribution in [3.8, 4) is 5.75 Å². The smallest absolute Gasteiger partial charge is 0.120 e. The van der Waals surface area contributed by atoms with Gasteiger partial charge in [0.2, 0.25) is 0 Å². The van der Waals surface area contributed by atoms with Crippen molar-refractivity contribution in [2.24, 2.45) is 5.73 Å². The van der Waals surface area contributed by atoms with Gasteiger partial charge in [0.15, 0.2) is 0 Å². The molecule has 21 heavy (non-hydrogen) atoms. The van der Waals surface area contributed by atoms with Crippen LogP contribution < -0.4 is 10.5 Å². The van der Waals surface area contributed by atoms with Gasteiger partial charge in [0.25, 0.3) is 0 Å². The van der Waals surface area contributed by atoms with Gasteiger partial charge in [-0.2, -0.15) is 0 Å². The van der Waals surface area contributed by atoms with E-state index in [-0.39, 0.29) is 12.1 Å². The summed E-state index contributed by atoms with van der Waals surface area (Å²) in [5.41, 5.74) is 9.94. The lowest BCUT2D eigenvalue weighted by atomic mass is 10.0. The standard InChI is InChI=1S/C19H25NO/c1-13(2)17-6-5-7-18(12-17)21-15(4)19(20)16-10-8-14(3)9-11-16/h5-13,15,19H,20H2,1-4H3. The second kappa shape index (κ2) is 6.77. The zero-order valence-electron chi connectivity index (χ0n) is 13.3. The van der Waals surface area contributed by atoms with E-state index in [0.29, 0.717) is 5.92 Å². The first-order chi connectivity index (χ1) is 9.97. The summed E-state index contributed by atoms with van der Waals surface area (Å²) in [4.78, 5) is 0. The minimum Gasteiger partial charge on any atom is -0.489 e. The lowest BCUT2D eigenvalue weighted by Crippen LogP contribution is -2.28. The first kappa shape index (κ1) is 15.6. The molecule has 0 aliphatic heterocycles. The van der Waals surface area contributed by atoms with Crippen LogP contribution in [0.1, 0.15) is 49.4 Å². The topological polar surface area (TPSA) is 35.2 Å². The fraction of sp³-hybridized carbons (Fsp3) is 0.368. The zero-order chi connectivity index (χ0) is 15.4. The average molecular weight is 283 g/mol. The normalized spacial score (nSPS) is 14.0. The number of rotatable bonds is 5. The summed E-state index contributed by atoms with van der Waals surface area (Å²) in [7, 11) is 0. The molecule has 0 amide bonds. The molecular weight excluding hydrogens is 258 g/mol. The van der Waals surface area contributed by atoms with Crippen LogP contribution >= 0.6 is 0 Å². The maximum atomic E-state index is 6.31. The Labute approximate surface area is 127 Å². The molecule has 2 N–H and O–H groups in total. The number of nitrogens with two attached hydrogens (primary N) is 1. The van der Waals surface area contributed by atoms with E-state index < -0.39 is 0 Å². The highest BCUT2D eigenvalue weighted by atomic mass is 16.5. The molecule has 2 aromatic carbocycles. The number of hydrogen-bond acceptors (Lipinski definition) is 2. The van der Waals surface area contributed by atoms with Gasteiger partial charge in [-0.1, -0.05) is 55.8 Å². The van der Waals surface area contributed by atoms with Gasteiger partial charge in [0, 0.05) is 0 Å². The molecule has 0 radical (unpaired) electrons. The maximum absolute atomic E-state index is 6.31. The Kier molecular flexibility index (Phi) is 5.03. The molecule has 2 unspecified atom stereocenters. The second-order valence-corrected chi connectivity index (χ2v) is 5.99. The van der Waals surface area contributed by atoms with E-state index in [1.165, 1.54) is 11.1 Å². The molecule has 0 saturated carbocycles. The third kappa shape index (κ3) is 4.08. The molecule has 0 aliphatic rings. The number of aryl methyl sites for hydroxylation is 1. The van der Waals surface area contributed by atoms with Crippen molar-refractivity contribution in [3.05, 3.63) is 65.2 Å². The van der Waals surface area contributed by atoms with Crippen LogP contribution in [0.2, 0.25) is 0 Å². The minimum atomic E-state index is -0.131. The molecule has 2 atom stereocenters. The Hall–Kier alpha value is -1.80. The van der Waals surface area contributed by atoms with Crippen LogP contribution in [0.3, 0.4) is 0 Å². The molecule has 0 spiro atoms. The Morgan fingerprint density at radius 1 is 0.905 bits per heavy atom. The summed E-state index contributed by atoms with van der Waals surface area (Å²) in [5.74, 6) is 1.38. The van der Waals surface area contributed by atoms with Crippen molar-refractivity contribution in [1.82, 2.24) is 0 Å². The van der Waals surface area contributed by atoms with Crippen LogP contribution in [0.25, 0.3) is 0 Å². The molecule has 0 fully saturated rings. The largest absolute Gasteiger partial charge is 0.489 e. The lowest BCUT2D eigenvalue weighted by molar-refractivity contribution is 0.190. The van der Waals surface area contributed by atoms with E-state index in [2.05, 4.69) is 57.2 Å². The fourth-order valence-corrected chi connectivity index (χ4v) is 2.29. The molecule has 2 heteroatoms. The molecule has 0 aromatic heterocycles. The first-order valence-electron chi connectivity index (χ1n) is 7.56. The lowest BCUT2D eigenvalue weighted by Gasteiger charge is -2.22. The molecule has 2 nitrogen and oxygen atoms in total. The SMILES string of the molecule is Cc1ccc(C(N)C(C)Oc2cccc(C(C)C)c2)cc1. The van der Waals surface area contributed by atoms with E-state index >= 15 is 0 Å². The number of benzene rings is 2. The van der Waals surface area contributed by atoms with E-state index in [0.717, 1.165) is 11.3 Å². The number of hydrogen-bond donors (Lipinski definition) is 1. The van der Waals surface area contributed by atoms with Gasteiger partial charge in [-0.25, -0.2) is 0 Å². The number of ether oxygens (including phenoxy) is 1. The Morgan fingerprint density at radius 2 is 1.57 bits per heavy atom. The summed E-state index contributed by atoms with van der Waals surface area (Å²) in [6, 6.07) is 16.4. The van der Waals surface area contributed by atoms with E-state index in [1.807, 2.05) is 19.1 Å². The molecule has 0 heterocycles. The van der Waals surface area contributed by atoms with E-state index in [1.54, 1.807) is 0 Å². The maximum Gasteiger partial charge on any atom is 0.120 e. The van der Waals surface area contributed by atoms with Crippen LogP contribution in [-0.2, 0) is 0 Å². The second-order valence-electron chi connectivity index (χ2n) is 5.99. The third-order valence-electron chi connectivity index (χ3n) is 3.81. The highest BCUT2D eigenvalue weighted by molar-refractivity contribution is 5.31. The van der Waals surface area contributed by atoms with Crippen molar-refractivity contribution >= 4 is 0 Å². The fourth-order valence-electron chi connectivity index (χ4n) is 2.29. The quantitative estimate of drug-likeness (QED) is 0.871. The summed E-state index contributed by atoms with van der Waals surface area (Å²) in [5, 5.41) is 0. The van der Waals surface area contributed by atoms with Crippen LogP contribution in [-0.4, -0.2) is 6.10 Å². The summed E-state index contributed by atoms with van der Waals surface area (Å²) >= 11 is 0. The third-order valence-corrected chi connectivity index (χ3v) is 3.81. The van der Waals surface area contributed by atoms with Crippen molar-refractivity contribution in [3.63, 3.8) is 0 Å². The Morgan fingerprint density at radius 3 is 2.19 bits per heavy atom. The summed E-state index contributed by atoms with van der Waals surface area (Å²) in [6.07, 6.45) is -0.0740. The van der Waals surface area contributed by atoms with Gasteiger partial charge < -0.3 is 10.5 Å². The molecule has 0 saturated heterocycles. The van der Waals surface area contributed by atoms with E-state index in [9.17, 15) is 0 Å². The molecule has 2 rings (SSSR count). The zero-order valence-corrected chi connectivity index (χ0v) is 13.3. The van der Waals surface area contributed by atoms with Crippen LogP contribution in [0.4, 0.5) is 0 Å². The average Bonchev–Trinajstić information content (AvgIpc) is 2.47. The van der Waals surface area contributed by atoms with Crippen molar-refractivity contribution in [2.45, 2.75) is 45.8 Å². The molecule has 0 aliphatic carbocycles. The summed E-state index contributed by atoms with van der Waals surface area (Å²) < 4.78 is 6.03.